The van der Waals surface area contributed by atoms with Gasteiger partial charge in [-0.2, -0.15) is 0 Å². The molecule has 140 valence electrons. The van der Waals surface area contributed by atoms with Crippen molar-refractivity contribution in [2.45, 2.75) is 57.4 Å². The second-order valence-corrected chi connectivity index (χ2v) is 6.40. The first-order valence-electron chi connectivity index (χ1n) is 8.38. The quantitative estimate of drug-likeness (QED) is 0.467. The van der Waals surface area contributed by atoms with Crippen molar-refractivity contribution < 1.29 is 33.8 Å². The van der Waals surface area contributed by atoms with E-state index in [1.807, 2.05) is 13.8 Å². The summed E-state index contributed by atoms with van der Waals surface area (Å²) in [7, 11) is 1.27. The molecule has 2 saturated heterocycles. The van der Waals surface area contributed by atoms with Crippen LogP contribution >= 0.6 is 0 Å². The number of ether oxygens (including phenoxy) is 2. The number of methoxy groups -OCH3 is 1. The Kier molecular flexibility index (Phi) is 5.99. The number of hydrogen-bond acceptors (Lipinski definition) is 6. The molecule has 2 aliphatic rings. The molecule has 0 aromatic carbocycles. The van der Waals surface area contributed by atoms with E-state index in [0.717, 1.165) is 0 Å². The van der Waals surface area contributed by atoms with Gasteiger partial charge >= 0.3 is 11.9 Å². The van der Waals surface area contributed by atoms with Crippen molar-refractivity contribution in [1.82, 2.24) is 10.2 Å². The maximum absolute atomic E-state index is 12.9. The number of hydrogen-bond donors (Lipinski definition) is 2. The Morgan fingerprint density at radius 2 is 2.00 bits per heavy atom. The summed E-state index contributed by atoms with van der Waals surface area (Å²) in [5.74, 6) is -2.85. The second kappa shape index (κ2) is 7.81. The largest absolute Gasteiger partial charge is 0.479 e. The highest BCUT2D eigenvalue weighted by molar-refractivity contribution is 5.96. The van der Waals surface area contributed by atoms with Gasteiger partial charge < -0.3 is 24.8 Å². The lowest BCUT2D eigenvalue weighted by Gasteiger charge is -2.30. The molecule has 2 N–H and O–H groups in total. The predicted octanol–water partition coefficient (Wildman–Crippen LogP) is -0.467. The molecule has 0 aliphatic carbocycles. The molecule has 0 bridgehead atoms. The van der Waals surface area contributed by atoms with Crippen molar-refractivity contribution in [2.75, 3.05) is 13.7 Å². The normalized spacial score (nSPS) is 27.3. The van der Waals surface area contributed by atoms with E-state index < -0.39 is 42.1 Å². The zero-order valence-electron chi connectivity index (χ0n) is 14.6. The van der Waals surface area contributed by atoms with E-state index in [1.165, 1.54) is 12.0 Å². The van der Waals surface area contributed by atoms with Gasteiger partial charge in [0.1, 0.15) is 12.1 Å². The number of carboxylic acids is 1. The molecule has 2 fully saturated rings. The van der Waals surface area contributed by atoms with Crippen LogP contribution in [0.1, 0.15) is 33.1 Å². The monoisotopic (exact) mass is 356 g/mol. The Labute approximate surface area is 145 Å². The van der Waals surface area contributed by atoms with Crippen molar-refractivity contribution in [2.24, 2.45) is 5.92 Å². The average Bonchev–Trinajstić information content (AvgIpc) is 3.27. The van der Waals surface area contributed by atoms with Gasteiger partial charge in [0.2, 0.25) is 5.91 Å². The summed E-state index contributed by atoms with van der Waals surface area (Å²) in [4.78, 5) is 49.2. The Morgan fingerprint density at radius 1 is 1.32 bits per heavy atom. The summed E-state index contributed by atoms with van der Waals surface area (Å²) in [6.07, 6.45) is -0.415. The summed E-state index contributed by atoms with van der Waals surface area (Å²) in [5.41, 5.74) is 0. The van der Waals surface area contributed by atoms with E-state index in [1.54, 1.807) is 0 Å². The van der Waals surface area contributed by atoms with E-state index in [9.17, 15) is 19.2 Å². The SMILES string of the molecule is CC[C@H](C)[C@H](NC(=O)[C@H]1O[C@@H]1C(=O)O)C(=O)N1CCC[C@H]1C(=O)OC. The number of carboxylic acid groups (broad SMARTS) is 1. The smallest absolute Gasteiger partial charge is 0.336 e. The Bertz CT molecular complexity index is 565. The fourth-order valence-electron chi connectivity index (χ4n) is 3.01. The highest BCUT2D eigenvalue weighted by Gasteiger charge is 2.52. The third-order valence-electron chi connectivity index (χ3n) is 4.78. The van der Waals surface area contributed by atoms with Gasteiger partial charge in [-0.25, -0.2) is 9.59 Å². The van der Waals surface area contributed by atoms with Gasteiger partial charge in [-0.1, -0.05) is 20.3 Å². The molecule has 0 saturated carbocycles. The minimum Gasteiger partial charge on any atom is -0.479 e. The van der Waals surface area contributed by atoms with Crippen molar-refractivity contribution in [3.8, 4) is 0 Å². The molecular formula is C16H24N2O7. The zero-order chi connectivity index (χ0) is 18.7. The van der Waals surface area contributed by atoms with Crippen LogP contribution < -0.4 is 5.32 Å². The predicted molar refractivity (Wildman–Crippen MR) is 84.4 cm³/mol. The topological polar surface area (TPSA) is 126 Å². The Balaban J connectivity index is 2.09. The third kappa shape index (κ3) is 4.09. The van der Waals surface area contributed by atoms with Crippen LogP contribution in [0.25, 0.3) is 0 Å². The summed E-state index contributed by atoms with van der Waals surface area (Å²) in [6.45, 7) is 4.11. The first kappa shape index (κ1) is 19.2. The molecule has 2 heterocycles. The molecule has 25 heavy (non-hydrogen) atoms. The second-order valence-electron chi connectivity index (χ2n) is 6.40. The van der Waals surface area contributed by atoms with Gasteiger partial charge in [0.05, 0.1) is 7.11 Å². The number of nitrogens with one attached hydrogen (secondary N) is 1. The van der Waals surface area contributed by atoms with Gasteiger partial charge in [0.15, 0.2) is 12.2 Å². The van der Waals surface area contributed by atoms with Gasteiger partial charge in [-0.05, 0) is 18.8 Å². The molecule has 0 aromatic rings. The van der Waals surface area contributed by atoms with Crippen LogP contribution in [0.15, 0.2) is 0 Å². The van der Waals surface area contributed by atoms with Gasteiger partial charge in [0, 0.05) is 6.54 Å². The van der Waals surface area contributed by atoms with Gasteiger partial charge in [-0.3, -0.25) is 9.59 Å². The number of esters is 1. The molecule has 2 aliphatic heterocycles. The van der Waals surface area contributed by atoms with Crippen molar-refractivity contribution in [1.29, 1.82) is 0 Å². The third-order valence-corrected chi connectivity index (χ3v) is 4.78. The molecule has 0 aromatic heterocycles. The highest BCUT2D eigenvalue weighted by Crippen LogP contribution is 2.25. The van der Waals surface area contributed by atoms with Crippen LogP contribution in [-0.4, -0.2) is 71.7 Å². The summed E-state index contributed by atoms with van der Waals surface area (Å²) in [5, 5.41) is 11.4. The number of amides is 2. The molecule has 2 amide bonds. The van der Waals surface area contributed by atoms with Gasteiger partial charge in [-0.15, -0.1) is 0 Å². The minimum atomic E-state index is -1.21. The number of epoxide rings is 1. The molecular weight excluding hydrogens is 332 g/mol. The number of carbonyl (C=O) groups excluding carboxylic acids is 3. The van der Waals surface area contributed by atoms with E-state index in [0.29, 0.717) is 25.8 Å². The van der Waals surface area contributed by atoms with E-state index in [-0.39, 0.29) is 11.8 Å². The van der Waals surface area contributed by atoms with Crippen LogP contribution in [0, 0.1) is 5.92 Å². The lowest BCUT2D eigenvalue weighted by molar-refractivity contribution is -0.152. The van der Waals surface area contributed by atoms with E-state index in [2.05, 4.69) is 5.32 Å². The number of likely N-dealkylation sites (tertiary alicyclic amines) is 1. The molecule has 2 rings (SSSR count). The Morgan fingerprint density at radius 3 is 2.52 bits per heavy atom. The molecule has 9 nitrogen and oxygen atoms in total. The van der Waals surface area contributed by atoms with Crippen molar-refractivity contribution in [3.05, 3.63) is 0 Å². The molecule has 9 heteroatoms. The lowest BCUT2D eigenvalue weighted by Crippen LogP contribution is -2.55. The number of aliphatic carboxylic acids is 1. The summed E-state index contributed by atoms with van der Waals surface area (Å²) >= 11 is 0. The maximum Gasteiger partial charge on any atom is 0.336 e. The molecule has 5 atom stereocenters. The number of rotatable bonds is 7. The molecule has 0 spiro atoms. The fraction of sp³-hybridized carbons (Fsp3) is 0.750. The lowest BCUT2D eigenvalue weighted by atomic mass is 9.97. The van der Waals surface area contributed by atoms with Gasteiger partial charge in [0.25, 0.3) is 5.91 Å². The Hall–Kier alpha value is -2.16. The standard InChI is InChI=1S/C16H24N2O7/c1-4-8(2)10(17-13(19)11-12(25-11)15(21)22)14(20)18-7-5-6-9(18)16(23)24-3/h8-12H,4-7H2,1-3H3,(H,17,19)(H,21,22)/t8-,9-,10-,11-,12-/m0/s1. The van der Waals surface area contributed by atoms with E-state index >= 15 is 0 Å². The number of carbonyl (C=O) groups is 4. The molecule has 0 radical (unpaired) electrons. The van der Waals surface area contributed by atoms with Crippen molar-refractivity contribution in [3.63, 3.8) is 0 Å². The first-order chi connectivity index (χ1) is 11.8. The average molecular weight is 356 g/mol. The fourth-order valence-corrected chi connectivity index (χ4v) is 3.01. The van der Waals surface area contributed by atoms with Crippen LogP contribution in [0.5, 0.6) is 0 Å². The zero-order valence-corrected chi connectivity index (χ0v) is 14.6. The minimum absolute atomic E-state index is 0.183. The summed E-state index contributed by atoms with van der Waals surface area (Å²) in [6, 6.07) is -1.49. The highest BCUT2D eigenvalue weighted by atomic mass is 16.6. The van der Waals surface area contributed by atoms with Crippen LogP contribution in [0.4, 0.5) is 0 Å². The van der Waals surface area contributed by atoms with Crippen LogP contribution in [0.3, 0.4) is 0 Å². The van der Waals surface area contributed by atoms with Crippen molar-refractivity contribution >= 4 is 23.8 Å². The van der Waals surface area contributed by atoms with E-state index in [4.69, 9.17) is 14.6 Å². The summed E-state index contributed by atoms with van der Waals surface area (Å²) < 4.78 is 9.57. The first-order valence-corrected chi connectivity index (χ1v) is 8.38. The molecule has 0 unspecified atom stereocenters. The maximum atomic E-state index is 12.9. The number of nitrogens with zero attached hydrogens (tertiary/aromatic N) is 1. The van der Waals surface area contributed by atoms with Crippen LogP contribution in [-0.2, 0) is 28.7 Å². The van der Waals surface area contributed by atoms with Crippen LogP contribution in [0.2, 0.25) is 0 Å².